The number of hydrogen-bond donors (Lipinski definition) is 1. The van der Waals surface area contributed by atoms with Crippen molar-refractivity contribution in [2.24, 2.45) is 0 Å². The molecular formula is C20H21N3O. The van der Waals surface area contributed by atoms with Crippen LogP contribution in [-0.2, 0) is 6.54 Å². The fourth-order valence-corrected chi connectivity index (χ4v) is 2.59. The Morgan fingerprint density at radius 2 is 1.75 bits per heavy atom. The molecule has 1 heterocycles. The van der Waals surface area contributed by atoms with Gasteiger partial charge in [0.15, 0.2) is 0 Å². The van der Waals surface area contributed by atoms with Gasteiger partial charge in [-0.05, 0) is 49.6 Å². The molecule has 4 heteroatoms. The number of aryl methyl sites for hydroxylation is 3. The predicted molar refractivity (Wildman–Crippen MR) is 96.4 cm³/mol. The van der Waals surface area contributed by atoms with Gasteiger partial charge in [0, 0.05) is 11.6 Å². The first kappa shape index (κ1) is 16.0. The van der Waals surface area contributed by atoms with Crippen LogP contribution in [0.25, 0.3) is 0 Å². The Hall–Kier alpha value is -2.88. The summed E-state index contributed by atoms with van der Waals surface area (Å²) in [6.07, 6.45) is 0. The van der Waals surface area contributed by atoms with Crippen molar-refractivity contribution in [2.45, 2.75) is 27.3 Å². The number of anilines is 1. The summed E-state index contributed by atoms with van der Waals surface area (Å²) in [6, 6.07) is 17.7. The summed E-state index contributed by atoms with van der Waals surface area (Å²) in [7, 11) is 0. The lowest BCUT2D eigenvalue weighted by atomic mass is 10.1. The highest BCUT2D eigenvalue weighted by Crippen LogP contribution is 2.16. The van der Waals surface area contributed by atoms with E-state index in [2.05, 4.69) is 10.4 Å². The Kier molecular flexibility index (Phi) is 4.47. The number of rotatable bonds is 4. The molecule has 0 saturated carbocycles. The number of nitrogens with zero attached hydrogens (tertiary/aromatic N) is 2. The van der Waals surface area contributed by atoms with E-state index >= 15 is 0 Å². The number of carbonyl (C=O) groups is 1. The van der Waals surface area contributed by atoms with Gasteiger partial charge in [-0.1, -0.05) is 36.4 Å². The molecule has 0 unspecified atom stereocenters. The molecule has 0 saturated heterocycles. The van der Waals surface area contributed by atoms with E-state index < -0.39 is 0 Å². The average molecular weight is 319 g/mol. The van der Waals surface area contributed by atoms with E-state index in [-0.39, 0.29) is 5.91 Å². The fraction of sp³-hybridized carbons (Fsp3) is 0.200. The smallest absolute Gasteiger partial charge is 0.256 e. The molecule has 122 valence electrons. The maximum Gasteiger partial charge on any atom is 0.256 e. The molecule has 3 aromatic rings. The first-order valence-corrected chi connectivity index (χ1v) is 8.00. The van der Waals surface area contributed by atoms with E-state index in [4.69, 9.17) is 0 Å². The van der Waals surface area contributed by atoms with Crippen molar-refractivity contribution in [3.63, 3.8) is 0 Å². The largest absolute Gasteiger partial charge is 0.307 e. The van der Waals surface area contributed by atoms with Crippen LogP contribution in [0.5, 0.6) is 0 Å². The van der Waals surface area contributed by atoms with Crippen LogP contribution in [0.4, 0.5) is 5.82 Å². The first-order valence-electron chi connectivity index (χ1n) is 8.00. The Bertz CT molecular complexity index is 866. The third kappa shape index (κ3) is 3.54. The molecule has 4 nitrogen and oxygen atoms in total. The predicted octanol–water partition coefficient (Wildman–Crippen LogP) is 4.11. The first-order chi connectivity index (χ1) is 11.5. The van der Waals surface area contributed by atoms with Crippen LogP contribution in [-0.4, -0.2) is 15.7 Å². The molecule has 0 fully saturated rings. The third-order valence-corrected chi connectivity index (χ3v) is 4.09. The van der Waals surface area contributed by atoms with Gasteiger partial charge in [-0.25, -0.2) is 4.68 Å². The summed E-state index contributed by atoms with van der Waals surface area (Å²) in [5, 5.41) is 7.46. The highest BCUT2D eigenvalue weighted by molar-refractivity contribution is 6.04. The normalized spacial score (nSPS) is 10.6. The highest BCUT2D eigenvalue weighted by Gasteiger charge is 2.12. The van der Waals surface area contributed by atoms with E-state index in [9.17, 15) is 4.79 Å². The van der Waals surface area contributed by atoms with Crippen LogP contribution < -0.4 is 5.32 Å². The second-order valence-electron chi connectivity index (χ2n) is 6.07. The molecule has 0 aliphatic heterocycles. The lowest BCUT2D eigenvalue weighted by Crippen LogP contribution is -2.16. The molecule has 0 aliphatic carbocycles. The van der Waals surface area contributed by atoms with Gasteiger partial charge in [0.2, 0.25) is 0 Å². The van der Waals surface area contributed by atoms with Gasteiger partial charge in [0.1, 0.15) is 5.82 Å². The molecule has 1 amide bonds. The second-order valence-corrected chi connectivity index (χ2v) is 6.07. The zero-order valence-corrected chi connectivity index (χ0v) is 14.2. The maximum absolute atomic E-state index is 12.5. The van der Waals surface area contributed by atoms with Crippen LogP contribution in [0.2, 0.25) is 0 Å². The van der Waals surface area contributed by atoms with Crippen molar-refractivity contribution in [2.75, 3.05) is 5.32 Å². The summed E-state index contributed by atoms with van der Waals surface area (Å²) in [5.74, 6) is 0.590. The van der Waals surface area contributed by atoms with Crippen molar-refractivity contribution in [3.05, 3.63) is 82.5 Å². The number of amides is 1. The molecule has 24 heavy (non-hydrogen) atoms. The van der Waals surface area contributed by atoms with E-state index in [1.165, 1.54) is 5.56 Å². The SMILES string of the molecule is Cc1cc(NC(=O)c2ccc(C)c(C)c2)n(Cc2ccccc2)n1. The number of carbonyl (C=O) groups excluding carboxylic acids is 1. The van der Waals surface area contributed by atoms with Crippen molar-refractivity contribution < 1.29 is 4.79 Å². The van der Waals surface area contributed by atoms with E-state index in [0.717, 1.165) is 16.8 Å². The number of aromatic nitrogens is 2. The van der Waals surface area contributed by atoms with Crippen molar-refractivity contribution in [1.82, 2.24) is 9.78 Å². The minimum Gasteiger partial charge on any atom is -0.307 e. The summed E-state index contributed by atoms with van der Waals surface area (Å²) >= 11 is 0. The lowest BCUT2D eigenvalue weighted by Gasteiger charge is -2.10. The van der Waals surface area contributed by atoms with Crippen LogP contribution in [0.15, 0.2) is 54.6 Å². The van der Waals surface area contributed by atoms with Crippen molar-refractivity contribution in [3.8, 4) is 0 Å². The van der Waals surface area contributed by atoms with Crippen LogP contribution >= 0.6 is 0 Å². The minimum atomic E-state index is -0.118. The van der Waals surface area contributed by atoms with Gasteiger partial charge in [-0.2, -0.15) is 5.10 Å². The molecule has 1 aromatic heterocycles. The van der Waals surface area contributed by atoms with Gasteiger partial charge >= 0.3 is 0 Å². The highest BCUT2D eigenvalue weighted by atomic mass is 16.1. The van der Waals surface area contributed by atoms with Gasteiger partial charge in [0.25, 0.3) is 5.91 Å². The van der Waals surface area contributed by atoms with E-state index in [0.29, 0.717) is 17.9 Å². The number of benzene rings is 2. The van der Waals surface area contributed by atoms with Crippen LogP contribution in [0.3, 0.4) is 0 Å². The van der Waals surface area contributed by atoms with Gasteiger partial charge < -0.3 is 5.32 Å². The molecule has 0 aliphatic rings. The van der Waals surface area contributed by atoms with E-state index in [1.807, 2.05) is 80.1 Å². The summed E-state index contributed by atoms with van der Waals surface area (Å²) in [6.45, 7) is 6.59. The van der Waals surface area contributed by atoms with Gasteiger partial charge in [0.05, 0.1) is 12.2 Å². The van der Waals surface area contributed by atoms with Crippen LogP contribution in [0, 0.1) is 20.8 Å². The van der Waals surface area contributed by atoms with E-state index in [1.54, 1.807) is 0 Å². The Labute approximate surface area is 142 Å². The molecule has 0 bridgehead atoms. The average Bonchev–Trinajstić information content (AvgIpc) is 2.90. The van der Waals surface area contributed by atoms with Crippen molar-refractivity contribution >= 4 is 11.7 Å². The monoisotopic (exact) mass is 319 g/mol. The Morgan fingerprint density at radius 1 is 1.00 bits per heavy atom. The molecule has 1 N–H and O–H groups in total. The Morgan fingerprint density at radius 3 is 2.46 bits per heavy atom. The lowest BCUT2D eigenvalue weighted by molar-refractivity contribution is 0.102. The summed E-state index contributed by atoms with van der Waals surface area (Å²) in [5.41, 5.74) is 4.96. The molecule has 0 radical (unpaired) electrons. The minimum absolute atomic E-state index is 0.118. The topological polar surface area (TPSA) is 46.9 Å². The molecule has 0 atom stereocenters. The maximum atomic E-state index is 12.5. The number of hydrogen-bond acceptors (Lipinski definition) is 2. The number of nitrogens with one attached hydrogen (secondary N) is 1. The molecule has 3 rings (SSSR count). The second kappa shape index (κ2) is 6.71. The third-order valence-electron chi connectivity index (χ3n) is 4.09. The summed E-state index contributed by atoms with van der Waals surface area (Å²) < 4.78 is 1.82. The summed E-state index contributed by atoms with van der Waals surface area (Å²) in [4.78, 5) is 12.5. The zero-order chi connectivity index (χ0) is 17.1. The fourth-order valence-electron chi connectivity index (χ4n) is 2.59. The van der Waals surface area contributed by atoms with Crippen molar-refractivity contribution in [1.29, 1.82) is 0 Å². The quantitative estimate of drug-likeness (QED) is 0.786. The molecular weight excluding hydrogens is 298 g/mol. The molecule has 0 spiro atoms. The molecule has 2 aromatic carbocycles. The van der Waals surface area contributed by atoms with Gasteiger partial charge in [-0.15, -0.1) is 0 Å². The van der Waals surface area contributed by atoms with Crippen LogP contribution in [0.1, 0.15) is 32.7 Å². The van der Waals surface area contributed by atoms with Gasteiger partial charge in [-0.3, -0.25) is 4.79 Å². The standard InChI is InChI=1S/C20H21N3O/c1-14-9-10-18(11-15(14)2)20(24)21-19-12-16(3)22-23(19)13-17-7-5-4-6-8-17/h4-12H,13H2,1-3H3,(H,21,24). The zero-order valence-electron chi connectivity index (χ0n) is 14.2. The Balaban J connectivity index is 1.82.